The predicted molar refractivity (Wildman–Crippen MR) is 61.1 cm³/mol. The molecule has 0 aromatic carbocycles. The van der Waals surface area contributed by atoms with Crippen molar-refractivity contribution in [1.82, 2.24) is 15.3 Å². The van der Waals surface area contributed by atoms with Crippen molar-refractivity contribution in [1.29, 1.82) is 0 Å². The molecule has 2 unspecified atom stereocenters. The van der Waals surface area contributed by atoms with Crippen LogP contribution in [0, 0.1) is 0 Å². The maximum absolute atomic E-state index is 11.8. The molecular weight excluding hydrogens is 228 g/mol. The quantitative estimate of drug-likeness (QED) is 0.601. The number of rotatable bonds is 2. The van der Waals surface area contributed by atoms with Crippen molar-refractivity contribution in [2.45, 2.75) is 30.8 Å². The minimum Gasteiger partial charge on any atom is -0.309 e. The van der Waals surface area contributed by atoms with E-state index in [4.69, 9.17) is 11.6 Å². The fourth-order valence-electron chi connectivity index (χ4n) is 1.67. The molecule has 2 rings (SSSR count). The van der Waals surface area contributed by atoms with Gasteiger partial charge >= 0.3 is 0 Å². The van der Waals surface area contributed by atoms with Crippen LogP contribution in [0.4, 0.5) is 5.82 Å². The highest BCUT2D eigenvalue weighted by atomic mass is 35.5. The van der Waals surface area contributed by atoms with Crippen molar-refractivity contribution in [3.8, 4) is 0 Å². The van der Waals surface area contributed by atoms with Crippen molar-refractivity contribution in [3.05, 3.63) is 18.6 Å². The van der Waals surface area contributed by atoms with E-state index >= 15 is 0 Å². The van der Waals surface area contributed by atoms with Gasteiger partial charge < -0.3 is 5.32 Å². The van der Waals surface area contributed by atoms with Gasteiger partial charge in [-0.15, -0.1) is 11.6 Å². The number of anilines is 1. The lowest BCUT2D eigenvalue weighted by Gasteiger charge is -2.26. The molecule has 0 saturated carbocycles. The van der Waals surface area contributed by atoms with E-state index in [2.05, 4.69) is 20.6 Å². The lowest BCUT2D eigenvalue weighted by atomic mass is 10.0. The number of piperidine rings is 1. The van der Waals surface area contributed by atoms with Crippen LogP contribution in [0.2, 0.25) is 0 Å². The number of alkyl halides is 1. The highest BCUT2D eigenvalue weighted by molar-refractivity contribution is 6.20. The predicted octanol–water partition coefficient (Wildman–Crippen LogP) is 1.12. The summed E-state index contributed by atoms with van der Waals surface area (Å²) in [6, 6.07) is 1.42. The molecular formula is C10H13ClN4O. The van der Waals surface area contributed by atoms with Gasteiger partial charge in [-0.05, 0) is 25.3 Å². The Morgan fingerprint density at radius 1 is 1.56 bits per heavy atom. The summed E-state index contributed by atoms with van der Waals surface area (Å²) in [6.45, 7) is 0. The first-order valence-corrected chi connectivity index (χ1v) is 5.66. The number of nitrogens with one attached hydrogen (secondary N) is 2. The average Bonchev–Trinajstić information content (AvgIpc) is 2.30. The Morgan fingerprint density at radius 3 is 3.12 bits per heavy atom. The molecule has 0 spiro atoms. The van der Waals surface area contributed by atoms with Crippen LogP contribution in [0.1, 0.15) is 19.3 Å². The summed E-state index contributed by atoms with van der Waals surface area (Å²) in [5.74, 6) is 0.419. The SMILES string of the molecule is O=C(Nc1ccncn1)C1CCCC(Cl)N1. The Balaban J connectivity index is 1.93. The van der Waals surface area contributed by atoms with Gasteiger partial charge in [-0.3, -0.25) is 10.1 Å². The van der Waals surface area contributed by atoms with Gasteiger partial charge in [-0.1, -0.05) is 0 Å². The second kappa shape index (κ2) is 5.23. The summed E-state index contributed by atoms with van der Waals surface area (Å²) in [5.41, 5.74) is -0.116. The summed E-state index contributed by atoms with van der Waals surface area (Å²) in [6.07, 6.45) is 5.65. The van der Waals surface area contributed by atoms with Gasteiger partial charge in [0.1, 0.15) is 12.1 Å². The molecule has 1 aromatic heterocycles. The van der Waals surface area contributed by atoms with Crippen molar-refractivity contribution in [2.24, 2.45) is 0 Å². The second-order valence-electron chi connectivity index (χ2n) is 3.70. The maximum atomic E-state index is 11.8. The van der Waals surface area contributed by atoms with E-state index in [0.29, 0.717) is 5.82 Å². The zero-order chi connectivity index (χ0) is 11.4. The van der Waals surface area contributed by atoms with E-state index < -0.39 is 0 Å². The molecule has 0 aliphatic carbocycles. The van der Waals surface area contributed by atoms with Gasteiger partial charge in [0.2, 0.25) is 5.91 Å². The molecule has 6 heteroatoms. The molecule has 5 nitrogen and oxygen atoms in total. The van der Waals surface area contributed by atoms with E-state index in [-0.39, 0.29) is 17.5 Å². The van der Waals surface area contributed by atoms with Crippen LogP contribution in [-0.4, -0.2) is 27.4 Å². The van der Waals surface area contributed by atoms with E-state index in [1.165, 1.54) is 6.33 Å². The number of hydrogen-bond donors (Lipinski definition) is 2. The third-order valence-electron chi connectivity index (χ3n) is 2.48. The molecule has 1 aliphatic rings. The van der Waals surface area contributed by atoms with Crippen LogP contribution in [0.25, 0.3) is 0 Å². The molecule has 1 aromatic rings. The summed E-state index contributed by atoms with van der Waals surface area (Å²) in [7, 11) is 0. The zero-order valence-electron chi connectivity index (χ0n) is 8.69. The van der Waals surface area contributed by atoms with Crippen LogP contribution in [0.15, 0.2) is 18.6 Å². The molecule has 2 N–H and O–H groups in total. The average molecular weight is 241 g/mol. The molecule has 1 saturated heterocycles. The number of amides is 1. The van der Waals surface area contributed by atoms with Crippen LogP contribution >= 0.6 is 11.6 Å². The summed E-state index contributed by atoms with van der Waals surface area (Å²) in [5, 5.41) is 5.77. The number of nitrogens with zero attached hydrogens (tertiary/aromatic N) is 2. The molecule has 2 atom stereocenters. The Bertz CT molecular complexity index is 359. The van der Waals surface area contributed by atoms with E-state index in [0.717, 1.165) is 19.3 Å². The summed E-state index contributed by atoms with van der Waals surface area (Å²) >= 11 is 5.94. The molecule has 86 valence electrons. The number of carbonyl (C=O) groups excluding carboxylic acids is 1. The first-order chi connectivity index (χ1) is 7.75. The minimum absolute atomic E-state index is 0.0935. The topological polar surface area (TPSA) is 66.9 Å². The molecule has 0 radical (unpaired) electrons. The monoisotopic (exact) mass is 240 g/mol. The third-order valence-corrected chi connectivity index (χ3v) is 2.83. The van der Waals surface area contributed by atoms with Crippen molar-refractivity contribution < 1.29 is 4.79 Å². The Hall–Kier alpha value is -1.20. The van der Waals surface area contributed by atoms with Gasteiger partial charge in [0, 0.05) is 6.20 Å². The Morgan fingerprint density at radius 2 is 2.44 bits per heavy atom. The molecule has 0 bridgehead atoms. The largest absolute Gasteiger partial charge is 0.309 e. The van der Waals surface area contributed by atoms with Crippen LogP contribution in [0.5, 0.6) is 0 Å². The van der Waals surface area contributed by atoms with E-state index in [1.807, 2.05) is 0 Å². The molecule has 1 fully saturated rings. The molecule has 1 aliphatic heterocycles. The zero-order valence-corrected chi connectivity index (χ0v) is 9.44. The first-order valence-electron chi connectivity index (χ1n) is 5.23. The fourth-order valence-corrected chi connectivity index (χ4v) is 1.98. The molecule has 16 heavy (non-hydrogen) atoms. The standard InChI is InChI=1S/C10H13ClN4O/c11-8-3-1-2-7(14-8)10(16)15-9-4-5-12-6-13-9/h4-8,14H,1-3H2,(H,12,13,15,16). The van der Waals surface area contributed by atoms with Crippen LogP contribution in [0.3, 0.4) is 0 Å². The lowest BCUT2D eigenvalue weighted by Crippen LogP contribution is -2.46. The number of aromatic nitrogens is 2. The van der Waals surface area contributed by atoms with Crippen molar-refractivity contribution in [3.63, 3.8) is 0 Å². The van der Waals surface area contributed by atoms with Gasteiger partial charge in [0.25, 0.3) is 0 Å². The summed E-state index contributed by atoms with van der Waals surface area (Å²) in [4.78, 5) is 19.5. The van der Waals surface area contributed by atoms with Gasteiger partial charge in [0.15, 0.2) is 0 Å². The van der Waals surface area contributed by atoms with E-state index in [9.17, 15) is 4.79 Å². The maximum Gasteiger partial charge on any atom is 0.242 e. The minimum atomic E-state index is -0.230. The summed E-state index contributed by atoms with van der Waals surface area (Å²) < 4.78 is 0. The number of carbonyl (C=O) groups is 1. The Labute approximate surface area is 98.6 Å². The Kier molecular flexibility index (Phi) is 3.69. The molecule has 2 heterocycles. The highest BCUT2D eigenvalue weighted by Crippen LogP contribution is 2.16. The van der Waals surface area contributed by atoms with Crippen LogP contribution < -0.4 is 10.6 Å². The third kappa shape index (κ3) is 2.90. The highest BCUT2D eigenvalue weighted by Gasteiger charge is 2.25. The van der Waals surface area contributed by atoms with Crippen molar-refractivity contribution >= 4 is 23.3 Å². The molecule has 1 amide bonds. The number of hydrogen-bond acceptors (Lipinski definition) is 4. The van der Waals surface area contributed by atoms with Gasteiger partial charge in [-0.25, -0.2) is 9.97 Å². The van der Waals surface area contributed by atoms with Gasteiger partial charge in [-0.2, -0.15) is 0 Å². The lowest BCUT2D eigenvalue weighted by molar-refractivity contribution is -0.118. The first kappa shape index (κ1) is 11.3. The van der Waals surface area contributed by atoms with Gasteiger partial charge in [0.05, 0.1) is 11.5 Å². The van der Waals surface area contributed by atoms with Crippen LogP contribution in [-0.2, 0) is 4.79 Å². The second-order valence-corrected chi connectivity index (χ2v) is 4.23. The normalized spacial score (nSPS) is 25.1. The fraction of sp³-hybridized carbons (Fsp3) is 0.500. The van der Waals surface area contributed by atoms with E-state index in [1.54, 1.807) is 12.3 Å². The smallest absolute Gasteiger partial charge is 0.242 e. The van der Waals surface area contributed by atoms with Crippen molar-refractivity contribution in [2.75, 3.05) is 5.32 Å². The number of halogens is 1.